The van der Waals surface area contributed by atoms with E-state index in [4.69, 9.17) is 0 Å². The third-order valence-electron chi connectivity index (χ3n) is 4.00. The van der Waals surface area contributed by atoms with Gasteiger partial charge in [0.25, 0.3) is 0 Å². The Bertz CT molecular complexity index is 992. The molecule has 0 amide bonds. The van der Waals surface area contributed by atoms with Gasteiger partial charge in [-0.05, 0) is 45.0 Å². The molecule has 3 nitrogen and oxygen atoms in total. The number of para-hydroxylation sites is 1. The molecule has 0 spiro atoms. The smallest absolute Gasteiger partial charge is 0.235 e. The monoisotopic (exact) mass is 287 g/mol. The van der Waals surface area contributed by atoms with Crippen LogP contribution in [0.15, 0.2) is 48.5 Å². The highest BCUT2D eigenvalue weighted by Crippen LogP contribution is 2.31. The Morgan fingerprint density at radius 2 is 1.41 bits per heavy atom. The van der Waals surface area contributed by atoms with E-state index in [9.17, 15) is 0 Å². The zero-order chi connectivity index (χ0) is 15.3. The number of fused-ring (bicyclic) bond motifs is 3. The summed E-state index contributed by atoms with van der Waals surface area (Å²) in [5.41, 5.74) is 5.53. The van der Waals surface area contributed by atoms with Crippen LogP contribution in [0.5, 0.6) is 0 Å². The highest BCUT2D eigenvalue weighted by atomic mass is 15.2. The molecule has 2 aromatic heterocycles. The van der Waals surface area contributed by atoms with Gasteiger partial charge in [0.1, 0.15) is 0 Å². The molecule has 0 saturated carbocycles. The lowest BCUT2D eigenvalue weighted by atomic mass is 10.1. The fraction of sp³-hybridized carbons (Fsp3) is 0.158. The molecule has 4 rings (SSSR count). The topological polar surface area (TPSA) is 30.7 Å². The van der Waals surface area contributed by atoms with E-state index >= 15 is 0 Å². The molecule has 0 aliphatic carbocycles. The molecular formula is C19H17N3. The maximum Gasteiger partial charge on any atom is 0.235 e. The summed E-state index contributed by atoms with van der Waals surface area (Å²) in [4.78, 5) is 9.30. The molecular weight excluding hydrogens is 270 g/mol. The van der Waals surface area contributed by atoms with Crippen LogP contribution < -0.4 is 0 Å². The molecule has 4 aromatic rings. The Kier molecular flexibility index (Phi) is 2.76. The van der Waals surface area contributed by atoms with Crippen molar-refractivity contribution < 1.29 is 0 Å². The van der Waals surface area contributed by atoms with Crippen LogP contribution in [-0.4, -0.2) is 14.5 Å². The lowest BCUT2D eigenvalue weighted by Gasteiger charge is -2.07. The first kappa shape index (κ1) is 13.0. The summed E-state index contributed by atoms with van der Waals surface area (Å²) < 4.78 is 2.16. The summed E-state index contributed by atoms with van der Waals surface area (Å²) in [5.74, 6) is 0.743. The number of hydrogen-bond acceptors (Lipinski definition) is 2. The lowest BCUT2D eigenvalue weighted by Crippen LogP contribution is -2.03. The second-order valence-electron chi connectivity index (χ2n) is 5.82. The Hall–Kier alpha value is -2.68. The molecule has 108 valence electrons. The van der Waals surface area contributed by atoms with Crippen molar-refractivity contribution in [3.8, 4) is 5.95 Å². The van der Waals surface area contributed by atoms with Crippen LogP contribution in [0.4, 0.5) is 0 Å². The maximum atomic E-state index is 4.65. The zero-order valence-corrected chi connectivity index (χ0v) is 13.0. The predicted octanol–water partition coefficient (Wildman–Crippen LogP) is 4.50. The first-order valence-corrected chi connectivity index (χ1v) is 7.46. The summed E-state index contributed by atoms with van der Waals surface area (Å²) in [6.45, 7) is 6.14. The Labute approximate surface area is 129 Å². The standard InChI is InChI=1S/C19H17N3/c1-12-8-9-18-16(10-12)15-6-4-5-7-17(15)22(18)19-20-13(2)11-14(3)21-19/h4-11H,1-3H3. The predicted molar refractivity (Wildman–Crippen MR) is 90.6 cm³/mol. The first-order valence-electron chi connectivity index (χ1n) is 7.46. The fourth-order valence-electron chi connectivity index (χ4n) is 3.11. The van der Waals surface area contributed by atoms with Gasteiger partial charge < -0.3 is 0 Å². The maximum absolute atomic E-state index is 4.65. The van der Waals surface area contributed by atoms with Crippen molar-refractivity contribution in [2.24, 2.45) is 0 Å². The molecule has 3 heteroatoms. The second-order valence-corrected chi connectivity index (χ2v) is 5.82. The van der Waals surface area contributed by atoms with Gasteiger partial charge in [-0.3, -0.25) is 4.57 Å². The summed E-state index contributed by atoms with van der Waals surface area (Å²) >= 11 is 0. The van der Waals surface area contributed by atoms with E-state index in [1.165, 1.54) is 16.3 Å². The van der Waals surface area contributed by atoms with E-state index in [0.29, 0.717) is 0 Å². The fourth-order valence-corrected chi connectivity index (χ4v) is 3.11. The van der Waals surface area contributed by atoms with Crippen LogP contribution in [0.3, 0.4) is 0 Å². The molecule has 2 heterocycles. The van der Waals surface area contributed by atoms with Crippen LogP contribution in [0, 0.1) is 20.8 Å². The van der Waals surface area contributed by atoms with Crippen molar-refractivity contribution in [1.29, 1.82) is 0 Å². The highest BCUT2D eigenvalue weighted by Gasteiger charge is 2.14. The summed E-state index contributed by atoms with van der Waals surface area (Å²) in [7, 11) is 0. The van der Waals surface area contributed by atoms with E-state index in [1.54, 1.807) is 0 Å². The average molecular weight is 287 g/mol. The van der Waals surface area contributed by atoms with E-state index in [-0.39, 0.29) is 0 Å². The number of aryl methyl sites for hydroxylation is 3. The van der Waals surface area contributed by atoms with Crippen LogP contribution >= 0.6 is 0 Å². The van der Waals surface area contributed by atoms with Gasteiger partial charge in [-0.2, -0.15) is 0 Å². The van der Waals surface area contributed by atoms with Crippen molar-refractivity contribution >= 4 is 21.8 Å². The minimum atomic E-state index is 0.743. The SMILES string of the molecule is Cc1ccc2c(c1)c1ccccc1n2-c1nc(C)cc(C)n1. The summed E-state index contributed by atoms with van der Waals surface area (Å²) in [6.07, 6.45) is 0. The van der Waals surface area contributed by atoms with E-state index in [2.05, 4.69) is 63.9 Å². The number of nitrogens with zero attached hydrogens (tertiary/aromatic N) is 3. The molecule has 2 aromatic carbocycles. The van der Waals surface area contributed by atoms with Crippen molar-refractivity contribution in [1.82, 2.24) is 14.5 Å². The van der Waals surface area contributed by atoms with Crippen LogP contribution in [-0.2, 0) is 0 Å². The van der Waals surface area contributed by atoms with E-state index < -0.39 is 0 Å². The molecule has 0 bridgehead atoms. The molecule has 22 heavy (non-hydrogen) atoms. The normalized spacial score (nSPS) is 11.4. The first-order chi connectivity index (χ1) is 10.6. The largest absolute Gasteiger partial charge is 0.278 e. The van der Waals surface area contributed by atoms with Crippen LogP contribution in [0.1, 0.15) is 17.0 Å². The summed E-state index contributed by atoms with van der Waals surface area (Å²) in [6, 6.07) is 17.0. The van der Waals surface area contributed by atoms with Gasteiger partial charge in [0.05, 0.1) is 11.0 Å². The van der Waals surface area contributed by atoms with E-state index in [1.807, 2.05) is 19.9 Å². The molecule has 0 fully saturated rings. The number of aromatic nitrogens is 3. The minimum absolute atomic E-state index is 0.743. The Morgan fingerprint density at radius 3 is 2.18 bits per heavy atom. The number of rotatable bonds is 1. The van der Waals surface area contributed by atoms with Crippen molar-refractivity contribution in [2.45, 2.75) is 20.8 Å². The Balaban J connectivity index is 2.19. The molecule has 0 atom stereocenters. The molecule has 0 aliphatic rings. The zero-order valence-electron chi connectivity index (χ0n) is 13.0. The third-order valence-corrected chi connectivity index (χ3v) is 4.00. The van der Waals surface area contributed by atoms with Crippen LogP contribution in [0.2, 0.25) is 0 Å². The average Bonchev–Trinajstić information content (AvgIpc) is 2.80. The van der Waals surface area contributed by atoms with Gasteiger partial charge in [0.2, 0.25) is 5.95 Å². The quantitative estimate of drug-likeness (QED) is 0.516. The molecule has 0 saturated heterocycles. The molecule has 0 unspecified atom stereocenters. The molecule has 0 aliphatic heterocycles. The molecule has 0 N–H and O–H groups in total. The van der Waals surface area contributed by atoms with Crippen molar-refractivity contribution in [3.05, 3.63) is 65.5 Å². The highest BCUT2D eigenvalue weighted by molar-refractivity contribution is 6.09. The lowest BCUT2D eigenvalue weighted by molar-refractivity contribution is 0.940. The van der Waals surface area contributed by atoms with Gasteiger partial charge in [-0.25, -0.2) is 9.97 Å². The summed E-state index contributed by atoms with van der Waals surface area (Å²) in [5, 5.41) is 2.49. The van der Waals surface area contributed by atoms with E-state index in [0.717, 1.165) is 28.4 Å². The molecule has 0 radical (unpaired) electrons. The second kappa shape index (κ2) is 4.67. The minimum Gasteiger partial charge on any atom is -0.278 e. The van der Waals surface area contributed by atoms with Gasteiger partial charge in [-0.1, -0.05) is 29.8 Å². The van der Waals surface area contributed by atoms with Crippen molar-refractivity contribution in [3.63, 3.8) is 0 Å². The number of benzene rings is 2. The van der Waals surface area contributed by atoms with Crippen molar-refractivity contribution in [2.75, 3.05) is 0 Å². The third kappa shape index (κ3) is 1.90. The van der Waals surface area contributed by atoms with Gasteiger partial charge in [0, 0.05) is 22.2 Å². The van der Waals surface area contributed by atoms with Gasteiger partial charge >= 0.3 is 0 Å². The van der Waals surface area contributed by atoms with Gasteiger partial charge in [-0.15, -0.1) is 0 Å². The van der Waals surface area contributed by atoms with Gasteiger partial charge in [0.15, 0.2) is 0 Å². The Morgan fingerprint density at radius 1 is 0.727 bits per heavy atom. The van der Waals surface area contributed by atoms with Crippen LogP contribution in [0.25, 0.3) is 27.8 Å². The number of hydrogen-bond donors (Lipinski definition) is 0.